The quantitative estimate of drug-likeness (QED) is 0.636. The lowest BCUT2D eigenvalue weighted by molar-refractivity contribution is 0.0611. The average Bonchev–Trinajstić information content (AvgIpc) is 2.88. The van der Waals surface area contributed by atoms with Crippen molar-refractivity contribution in [2.24, 2.45) is 0 Å². The smallest absolute Gasteiger partial charge is 0.265 e. The number of nitrogens with zero attached hydrogens (tertiary/aromatic N) is 2. The van der Waals surface area contributed by atoms with Crippen molar-refractivity contribution in [1.29, 1.82) is 0 Å². The fraction of sp³-hybridized carbons (Fsp3) is 0.667. The second-order valence-corrected chi connectivity index (χ2v) is 5.61. The Morgan fingerprint density at radius 1 is 1.62 bits per heavy atom. The zero-order valence-electron chi connectivity index (χ0n) is 11.9. The molecule has 1 aliphatic rings. The highest BCUT2D eigenvalue weighted by Crippen LogP contribution is 2.28. The van der Waals surface area contributed by atoms with Crippen LogP contribution in [-0.4, -0.2) is 68.7 Å². The van der Waals surface area contributed by atoms with Crippen LogP contribution in [0.15, 0.2) is 0 Å². The Labute approximate surface area is 126 Å². The maximum absolute atomic E-state index is 12.1. The molecule has 0 spiro atoms. The fourth-order valence-corrected chi connectivity index (χ4v) is 2.87. The lowest BCUT2D eigenvalue weighted by Crippen LogP contribution is -2.36. The Morgan fingerprint density at radius 2 is 2.33 bits per heavy atom. The van der Waals surface area contributed by atoms with Crippen molar-refractivity contribution in [3.05, 3.63) is 4.88 Å². The van der Waals surface area contributed by atoms with Crippen LogP contribution in [0.3, 0.4) is 0 Å². The van der Waals surface area contributed by atoms with Crippen molar-refractivity contribution in [3.8, 4) is 0 Å². The minimum Gasteiger partial charge on any atom is -0.389 e. The lowest BCUT2D eigenvalue weighted by atomic mass is 10.3. The van der Waals surface area contributed by atoms with E-state index in [0.29, 0.717) is 18.1 Å². The number of methoxy groups -OCH3 is 1. The monoisotopic (exact) mass is 316 g/mol. The molecule has 1 aliphatic heterocycles. The molecular formula is C12H20N4O4S. The maximum Gasteiger partial charge on any atom is 0.265 e. The summed E-state index contributed by atoms with van der Waals surface area (Å²) in [5, 5.41) is 12.9. The van der Waals surface area contributed by atoms with Gasteiger partial charge in [0.2, 0.25) is 0 Å². The van der Waals surface area contributed by atoms with Crippen LogP contribution in [-0.2, 0) is 9.47 Å². The van der Waals surface area contributed by atoms with E-state index in [1.165, 1.54) is 18.4 Å². The van der Waals surface area contributed by atoms with Gasteiger partial charge >= 0.3 is 0 Å². The number of hydrogen-bond donors (Lipinski definition) is 3. The van der Waals surface area contributed by atoms with E-state index in [1.807, 2.05) is 4.90 Å². The Bertz CT molecular complexity index is 476. The number of morpholine rings is 1. The van der Waals surface area contributed by atoms with E-state index < -0.39 is 6.10 Å². The summed E-state index contributed by atoms with van der Waals surface area (Å²) in [7, 11) is 1.49. The minimum atomic E-state index is -0.744. The molecule has 0 radical (unpaired) electrons. The molecule has 1 unspecified atom stereocenters. The van der Waals surface area contributed by atoms with E-state index in [4.69, 9.17) is 15.2 Å². The second-order valence-electron chi connectivity index (χ2n) is 4.63. The Hall–Kier alpha value is -1.42. The van der Waals surface area contributed by atoms with Gasteiger partial charge in [-0.15, -0.1) is 0 Å². The van der Waals surface area contributed by atoms with Gasteiger partial charge in [-0.05, 0) is 0 Å². The number of carbonyl (C=O) groups excluding carboxylic acids is 1. The molecule has 1 amide bonds. The molecule has 0 bridgehead atoms. The Balaban J connectivity index is 1.96. The number of nitrogens with one attached hydrogen (secondary N) is 1. The SMILES string of the molecule is COCC(O)CNC(=O)c1sc(N2CCOCC2)nc1N. The number of nitrogen functional groups attached to an aromatic ring is 1. The van der Waals surface area contributed by atoms with Crippen LogP contribution in [0.4, 0.5) is 10.9 Å². The molecule has 4 N–H and O–H groups in total. The number of rotatable bonds is 6. The van der Waals surface area contributed by atoms with Gasteiger partial charge in [-0.2, -0.15) is 0 Å². The fourth-order valence-electron chi connectivity index (χ4n) is 1.91. The van der Waals surface area contributed by atoms with Gasteiger partial charge in [0.1, 0.15) is 10.7 Å². The van der Waals surface area contributed by atoms with Crippen molar-refractivity contribution >= 4 is 28.2 Å². The second kappa shape index (κ2) is 7.55. The van der Waals surface area contributed by atoms with Crippen LogP contribution >= 0.6 is 11.3 Å². The summed E-state index contributed by atoms with van der Waals surface area (Å²) in [5.41, 5.74) is 5.81. The highest BCUT2D eigenvalue weighted by atomic mass is 32.1. The molecule has 8 nitrogen and oxygen atoms in total. The molecule has 1 fully saturated rings. The predicted molar refractivity (Wildman–Crippen MR) is 79.8 cm³/mol. The third-order valence-electron chi connectivity index (χ3n) is 2.99. The summed E-state index contributed by atoms with van der Waals surface area (Å²) < 4.78 is 10.1. The number of ether oxygens (including phenoxy) is 2. The van der Waals surface area contributed by atoms with Gasteiger partial charge in [0.05, 0.1) is 25.9 Å². The van der Waals surface area contributed by atoms with Crippen LogP contribution in [0.25, 0.3) is 0 Å². The number of thiazole rings is 1. The third-order valence-corrected chi connectivity index (χ3v) is 4.12. The molecule has 1 aromatic rings. The van der Waals surface area contributed by atoms with Crippen molar-refractivity contribution < 1.29 is 19.4 Å². The molecule has 2 rings (SSSR count). The van der Waals surface area contributed by atoms with Crippen molar-refractivity contribution in [3.63, 3.8) is 0 Å². The van der Waals surface area contributed by atoms with Crippen LogP contribution in [0.2, 0.25) is 0 Å². The molecule has 9 heteroatoms. The Kier molecular flexibility index (Phi) is 5.74. The molecule has 1 atom stereocenters. The van der Waals surface area contributed by atoms with E-state index in [1.54, 1.807) is 0 Å². The standard InChI is InChI=1S/C12H20N4O4S/c1-19-7-8(17)6-14-11(18)9-10(13)15-12(21-9)16-2-4-20-5-3-16/h8,17H,2-7,13H2,1H3,(H,14,18). The van der Waals surface area contributed by atoms with Gasteiger partial charge < -0.3 is 30.5 Å². The first kappa shape index (κ1) is 16.0. The number of amides is 1. The molecule has 0 saturated carbocycles. The van der Waals surface area contributed by atoms with Crippen molar-refractivity contribution in [1.82, 2.24) is 10.3 Å². The number of aliphatic hydroxyl groups is 1. The van der Waals surface area contributed by atoms with E-state index in [2.05, 4.69) is 10.3 Å². The van der Waals surface area contributed by atoms with Crippen molar-refractivity contribution in [2.75, 3.05) is 57.2 Å². The summed E-state index contributed by atoms with van der Waals surface area (Å²) in [6.07, 6.45) is -0.744. The Morgan fingerprint density at radius 3 is 3.00 bits per heavy atom. The van der Waals surface area contributed by atoms with Crippen molar-refractivity contribution in [2.45, 2.75) is 6.10 Å². The molecule has 2 heterocycles. The number of anilines is 2. The number of aromatic nitrogens is 1. The molecule has 0 aromatic carbocycles. The van der Waals surface area contributed by atoms with Crippen LogP contribution in [0.1, 0.15) is 9.67 Å². The largest absolute Gasteiger partial charge is 0.389 e. The summed E-state index contributed by atoms with van der Waals surface area (Å²) in [6, 6.07) is 0. The normalized spacial score (nSPS) is 16.8. The van der Waals surface area contributed by atoms with Gasteiger partial charge in [-0.1, -0.05) is 11.3 Å². The predicted octanol–water partition coefficient (Wildman–Crippen LogP) is -0.701. The molecule has 1 saturated heterocycles. The number of nitrogens with two attached hydrogens (primary N) is 1. The summed E-state index contributed by atoms with van der Waals surface area (Å²) in [6.45, 7) is 3.03. The first-order valence-corrected chi connectivity index (χ1v) is 7.47. The first-order chi connectivity index (χ1) is 10.1. The number of hydrogen-bond acceptors (Lipinski definition) is 8. The van der Waals surface area contributed by atoms with Gasteiger partial charge in [-0.25, -0.2) is 4.98 Å². The highest BCUT2D eigenvalue weighted by Gasteiger charge is 2.21. The lowest BCUT2D eigenvalue weighted by Gasteiger charge is -2.25. The topological polar surface area (TPSA) is 110 Å². The van der Waals surface area contributed by atoms with E-state index in [0.717, 1.165) is 18.2 Å². The molecule has 21 heavy (non-hydrogen) atoms. The molecule has 0 aliphatic carbocycles. The van der Waals surface area contributed by atoms with Gasteiger partial charge in [0, 0.05) is 26.7 Å². The molecule has 1 aromatic heterocycles. The average molecular weight is 316 g/mol. The maximum atomic E-state index is 12.1. The zero-order chi connectivity index (χ0) is 15.2. The van der Waals surface area contributed by atoms with E-state index in [9.17, 15) is 9.90 Å². The molecular weight excluding hydrogens is 296 g/mol. The zero-order valence-corrected chi connectivity index (χ0v) is 12.7. The van der Waals surface area contributed by atoms with Gasteiger partial charge in [0.15, 0.2) is 5.13 Å². The summed E-state index contributed by atoms with van der Waals surface area (Å²) in [5.74, 6) is -0.125. The van der Waals surface area contributed by atoms with E-state index in [-0.39, 0.29) is 24.9 Å². The first-order valence-electron chi connectivity index (χ1n) is 6.66. The van der Waals surface area contributed by atoms with Crippen LogP contribution in [0.5, 0.6) is 0 Å². The summed E-state index contributed by atoms with van der Waals surface area (Å²) >= 11 is 1.25. The summed E-state index contributed by atoms with van der Waals surface area (Å²) in [4.78, 5) is 18.7. The van der Waals surface area contributed by atoms with Crippen LogP contribution in [0, 0.1) is 0 Å². The number of carbonyl (C=O) groups is 1. The third kappa shape index (κ3) is 4.27. The minimum absolute atomic E-state index is 0.108. The van der Waals surface area contributed by atoms with Gasteiger partial charge in [0.25, 0.3) is 5.91 Å². The highest BCUT2D eigenvalue weighted by molar-refractivity contribution is 7.18. The number of aliphatic hydroxyl groups excluding tert-OH is 1. The van der Waals surface area contributed by atoms with Gasteiger partial charge in [-0.3, -0.25) is 4.79 Å². The van der Waals surface area contributed by atoms with E-state index >= 15 is 0 Å². The molecule has 118 valence electrons. The van der Waals surface area contributed by atoms with Crippen LogP contribution < -0.4 is 16.0 Å².